The molecule has 0 saturated heterocycles. The van der Waals surface area contributed by atoms with Gasteiger partial charge < -0.3 is 10.2 Å². The van der Waals surface area contributed by atoms with Crippen LogP contribution in [0.3, 0.4) is 0 Å². The molecule has 1 aromatic rings. The largest absolute Gasteiger partial charge is 0.340 e. The van der Waals surface area contributed by atoms with Crippen LogP contribution in [0.1, 0.15) is 18.7 Å². The summed E-state index contributed by atoms with van der Waals surface area (Å²) in [6.07, 6.45) is 0. The maximum absolute atomic E-state index is 11.7. The lowest BCUT2D eigenvalue weighted by Crippen LogP contribution is -2.37. The van der Waals surface area contributed by atoms with Gasteiger partial charge in [0.15, 0.2) is 0 Å². The zero-order valence-electron chi connectivity index (χ0n) is 9.79. The molecule has 16 heavy (non-hydrogen) atoms. The van der Waals surface area contributed by atoms with Gasteiger partial charge in [-0.1, -0.05) is 25.4 Å². The fraction of sp³-hybridized carbons (Fsp3) is 0.545. The molecule has 0 spiro atoms. The van der Waals surface area contributed by atoms with Crippen LogP contribution in [0.5, 0.6) is 0 Å². The molecule has 0 radical (unpaired) electrons. The van der Waals surface area contributed by atoms with E-state index in [0.29, 0.717) is 19.1 Å². The third kappa shape index (κ3) is 4.51. The molecule has 5 heteroatoms. The Bertz CT molecular complexity index is 352. The number of halogens is 1. The topological polar surface area (TPSA) is 32.3 Å². The second-order valence-corrected chi connectivity index (χ2v) is 5.79. The highest BCUT2D eigenvalue weighted by atomic mass is 35.5. The maximum Gasteiger partial charge on any atom is 0.236 e. The minimum absolute atomic E-state index is 0.0956. The Hall–Kier alpha value is -0.580. The van der Waals surface area contributed by atoms with E-state index in [9.17, 15) is 4.79 Å². The summed E-state index contributed by atoms with van der Waals surface area (Å²) in [7, 11) is 1.80. The van der Waals surface area contributed by atoms with E-state index in [0.717, 1.165) is 9.21 Å². The van der Waals surface area contributed by atoms with Crippen molar-refractivity contribution >= 4 is 28.8 Å². The highest BCUT2D eigenvalue weighted by Crippen LogP contribution is 2.22. The zero-order valence-corrected chi connectivity index (χ0v) is 11.4. The van der Waals surface area contributed by atoms with Crippen molar-refractivity contribution < 1.29 is 4.79 Å². The number of thiophene rings is 1. The number of amides is 1. The molecule has 0 atom stereocenters. The van der Waals surface area contributed by atoms with Gasteiger partial charge >= 0.3 is 0 Å². The van der Waals surface area contributed by atoms with Crippen molar-refractivity contribution in [3.05, 3.63) is 21.3 Å². The molecule has 1 N–H and O–H groups in total. The van der Waals surface area contributed by atoms with Gasteiger partial charge in [0.2, 0.25) is 5.91 Å². The van der Waals surface area contributed by atoms with E-state index in [-0.39, 0.29) is 5.91 Å². The molecule has 0 aliphatic rings. The Morgan fingerprint density at radius 3 is 2.75 bits per heavy atom. The Balaban J connectivity index is 2.39. The Kier molecular flexibility index (Phi) is 5.25. The van der Waals surface area contributed by atoms with Crippen molar-refractivity contribution in [2.75, 3.05) is 13.6 Å². The van der Waals surface area contributed by atoms with Gasteiger partial charge in [-0.15, -0.1) is 11.3 Å². The highest BCUT2D eigenvalue weighted by molar-refractivity contribution is 7.16. The summed E-state index contributed by atoms with van der Waals surface area (Å²) in [5, 5.41) is 3.10. The highest BCUT2D eigenvalue weighted by Gasteiger charge is 2.10. The van der Waals surface area contributed by atoms with Gasteiger partial charge in [0.1, 0.15) is 0 Å². The summed E-state index contributed by atoms with van der Waals surface area (Å²) >= 11 is 7.34. The van der Waals surface area contributed by atoms with E-state index in [4.69, 9.17) is 11.6 Å². The molecular formula is C11H17ClN2OS. The first-order chi connectivity index (χ1) is 7.49. The van der Waals surface area contributed by atoms with Crippen LogP contribution in [-0.2, 0) is 11.3 Å². The standard InChI is InChI=1S/C11H17ClN2OS/c1-8(2)13-6-11(15)14(3)7-9-4-5-10(12)16-9/h4-5,8,13H,6-7H2,1-3H3. The molecule has 0 aliphatic heterocycles. The quantitative estimate of drug-likeness (QED) is 0.882. The van der Waals surface area contributed by atoms with E-state index in [2.05, 4.69) is 5.32 Å². The molecule has 0 unspecified atom stereocenters. The van der Waals surface area contributed by atoms with Crippen molar-refractivity contribution in [1.29, 1.82) is 0 Å². The SMILES string of the molecule is CC(C)NCC(=O)N(C)Cc1ccc(Cl)s1. The van der Waals surface area contributed by atoms with Crippen molar-refractivity contribution in [1.82, 2.24) is 10.2 Å². The predicted molar refractivity (Wildman–Crippen MR) is 68.9 cm³/mol. The van der Waals surface area contributed by atoms with E-state index < -0.39 is 0 Å². The number of carbonyl (C=O) groups excluding carboxylic acids is 1. The maximum atomic E-state index is 11.7. The van der Waals surface area contributed by atoms with Crippen LogP contribution in [-0.4, -0.2) is 30.4 Å². The van der Waals surface area contributed by atoms with E-state index in [1.54, 1.807) is 11.9 Å². The van der Waals surface area contributed by atoms with Crippen molar-refractivity contribution in [3.63, 3.8) is 0 Å². The summed E-state index contributed by atoms with van der Waals surface area (Å²) in [5.74, 6) is 0.0956. The van der Waals surface area contributed by atoms with Gasteiger partial charge in [0.25, 0.3) is 0 Å². The molecule has 1 heterocycles. The number of nitrogens with one attached hydrogen (secondary N) is 1. The average molecular weight is 261 g/mol. The van der Waals surface area contributed by atoms with Gasteiger partial charge in [0, 0.05) is 18.0 Å². The van der Waals surface area contributed by atoms with Crippen molar-refractivity contribution in [2.24, 2.45) is 0 Å². The van der Waals surface area contributed by atoms with Crippen molar-refractivity contribution in [3.8, 4) is 0 Å². The van der Waals surface area contributed by atoms with Crippen LogP contribution in [0.4, 0.5) is 0 Å². The van der Waals surface area contributed by atoms with E-state index >= 15 is 0 Å². The number of carbonyl (C=O) groups is 1. The van der Waals surface area contributed by atoms with Crippen LogP contribution < -0.4 is 5.32 Å². The molecule has 90 valence electrons. The third-order valence-corrected chi connectivity index (χ3v) is 3.33. The normalized spacial score (nSPS) is 10.8. The van der Waals surface area contributed by atoms with Crippen LogP contribution in [0.25, 0.3) is 0 Å². The first kappa shape index (κ1) is 13.5. The minimum Gasteiger partial charge on any atom is -0.340 e. The Labute approximate surface area is 105 Å². The minimum atomic E-state index is 0.0956. The van der Waals surface area contributed by atoms with Gasteiger partial charge in [0.05, 0.1) is 17.4 Å². The monoisotopic (exact) mass is 260 g/mol. The number of hydrogen-bond donors (Lipinski definition) is 1. The molecular weight excluding hydrogens is 244 g/mol. The Morgan fingerprint density at radius 1 is 1.56 bits per heavy atom. The summed E-state index contributed by atoms with van der Waals surface area (Å²) in [6, 6.07) is 4.13. The molecule has 0 fully saturated rings. The second kappa shape index (κ2) is 6.23. The van der Waals surface area contributed by atoms with Gasteiger partial charge in [-0.3, -0.25) is 4.79 Å². The van der Waals surface area contributed by atoms with Crippen LogP contribution >= 0.6 is 22.9 Å². The lowest BCUT2D eigenvalue weighted by atomic mass is 10.3. The summed E-state index contributed by atoms with van der Waals surface area (Å²) in [4.78, 5) is 14.5. The van der Waals surface area contributed by atoms with Gasteiger partial charge in [-0.25, -0.2) is 0 Å². The molecule has 3 nitrogen and oxygen atoms in total. The fourth-order valence-corrected chi connectivity index (χ4v) is 2.33. The number of rotatable bonds is 5. The molecule has 0 aromatic carbocycles. The molecule has 0 aliphatic carbocycles. The van der Waals surface area contributed by atoms with E-state index in [1.165, 1.54) is 11.3 Å². The molecule has 1 aromatic heterocycles. The van der Waals surface area contributed by atoms with Gasteiger partial charge in [-0.2, -0.15) is 0 Å². The summed E-state index contributed by atoms with van der Waals surface area (Å²) < 4.78 is 0.760. The Morgan fingerprint density at radius 2 is 2.25 bits per heavy atom. The predicted octanol–water partition coefficient (Wildman–Crippen LogP) is 2.36. The fourth-order valence-electron chi connectivity index (χ4n) is 1.19. The number of nitrogens with zero attached hydrogens (tertiary/aromatic N) is 1. The number of likely N-dealkylation sites (N-methyl/N-ethyl adjacent to an activating group) is 1. The summed E-state index contributed by atoms with van der Waals surface area (Å²) in [6.45, 7) is 5.04. The second-order valence-electron chi connectivity index (χ2n) is 3.99. The zero-order chi connectivity index (χ0) is 12.1. The van der Waals surface area contributed by atoms with Crippen LogP contribution in [0.2, 0.25) is 4.34 Å². The average Bonchev–Trinajstić information content (AvgIpc) is 2.60. The molecule has 0 saturated carbocycles. The van der Waals surface area contributed by atoms with E-state index in [1.807, 2.05) is 26.0 Å². The number of hydrogen-bond acceptors (Lipinski definition) is 3. The summed E-state index contributed by atoms with van der Waals surface area (Å²) in [5.41, 5.74) is 0. The van der Waals surface area contributed by atoms with Gasteiger partial charge in [-0.05, 0) is 12.1 Å². The van der Waals surface area contributed by atoms with Crippen molar-refractivity contribution in [2.45, 2.75) is 26.4 Å². The van der Waals surface area contributed by atoms with Crippen LogP contribution in [0.15, 0.2) is 12.1 Å². The third-order valence-electron chi connectivity index (χ3n) is 2.11. The molecule has 0 bridgehead atoms. The molecule has 1 rings (SSSR count). The first-order valence-corrected chi connectivity index (χ1v) is 6.40. The first-order valence-electron chi connectivity index (χ1n) is 5.20. The smallest absolute Gasteiger partial charge is 0.236 e. The lowest BCUT2D eigenvalue weighted by molar-refractivity contribution is -0.129. The lowest BCUT2D eigenvalue weighted by Gasteiger charge is -2.17. The molecule has 1 amide bonds. The van der Waals surface area contributed by atoms with Crippen LogP contribution in [0, 0.1) is 0 Å².